The lowest BCUT2D eigenvalue weighted by Gasteiger charge is -2.48. The zero-order valence-corrected chi connectivity index (χ0v) is 87.3. The van der Waals surface area contributed by atoms with Crippen molar-refractivity contribution < 1.29 is 23.7 Å². The van der Waals surface area contributed by atoms with Gasteiger partial charge in [-0.15, -0.1) is 0 Å². The van der Waals surface area contributed by atoms with Crippen LogP contribution >= 0.6 is 0 Å². The number of fused-ring (bicyclic) bond motifs is 2. The molecule has 0 N–H and O–H groups in total. The Balaban J connectivity index is 0.000000137. The Bertz CT molecular complexity index is 6850. The van der Waals surface area contributed by atoms with Crippen LogP contribution in [0.3, 0.4) is 0 Å². The first-order valence-electron chi connectivity index (χ1n) is 51.7. The van der Waals surface area contributed by atoms with E-state index in [0.29, 0.717) is 68.4 Å². The summed E-state index contributed by atoms with van der Waals surface area (Å²) in [4.78, 5) is 29.2. The van der Waals surface area contributed by atoms with Crippen LogP contribution in [-0.4, -0.2) is 91.9 Å². The van der Waals surface area contributed by atoms with Gasteiger partial charge >= 0.3 is 0 Å². The van der Waals surface area contributed by atoms with Gasteiger partial charge in [-0.05, 0) is 377 Å². The minimum Gasteiger partial charge on any atom is -0.493 e. The lowest BCUT2D eigenvalue weighted by Crippen LogP contribution is -2.44. The smallest absolute Gasteiger partial charge is 0.265 e. The SMILES string of the molecule is [C-]#[N+]/C(C#N)=C1C=C(/C=C/c2cc(CC)c3c(c2)CCCN3C)OC(C)C\1.[C-]#[N+]/C(C#N)=C1C=C(/C=C/c2cc(CC)c3c(c2)CCCN3C)OC(c2ccccc2)C\1.[C-]#[N+]/C(C#N)=C1C=C(/C=C/c2cc3c4c(c2)C(C)(C)CCN4CCC3(C)C)OC(C)C\1.[C-]#[N+]/C(C#N)=C1C=C(/C=C/c2cc3c4c(c2)C(C)(C)CCN4CCC3(C)C)OCC\1.[C-]#[N+]/C(C#N)=C1C=C(/C=C/c2cc3c4c(c2)CCCN4CCC3)OCC\1. The molecule has 0 aliphatic carbocycles. The summed E-state index contributed by atoms with van der Waals surface area (Å²) in [5, 5.41) is 46.0. The van der Waals surface area contributed by atoms with Crippen LogP contribution in [0.15, 0.2) is 237 Å². The molecule has 13 heterocycles. The van der Waals surface area contributed by atoms with Crippen LogP contribution in [0.4, 0.5) is 28.4 Å². The highest BCUT2D eigenvalue weighted by Gasteiger charge is 2.43. The molecular weight excluding hydrogens is 1800 g/mol. The van der Waals surface area contributed by atoms with Gasteiger partial charge in [0.05, 0.1) is 88.6 Å². The lowest BCUT2D eigenvalue weighted by molar-refractivity contribution is 0.118. The van der Waals surface area contributed by atoms with Gasteiger partial charge in [-0.1, -0.05) is 130 Å². The standard InChI is InChI=1S/C28H27N3O.C27H31N3O.C26H29N3O.C23H25N3O.C22H21N3O/c1-4-21-15-20(16-23-11-8-14-31(3)28(21)23)12-13-25-17-24(26(19-29)30-2)18-27(32-25)22-9-6-5-7-10-22;1-18-13-20(24(17-28)29-6)16-21(31-18)8-7-19-14-22-25-23(15-19)27(4,5)10-12-30(25)11-9-26(22,2)3;1-25(2)9-11-29-12-10-26(3,4)22-15-18(14-21(25)24(22)29)6-7-20-16-19(8-13-30-20)23(17-27)28-5;1-5-18-12-17(13-19-7-6-10-26(4)23(18)19)8-9-21-14-20(11-16(2)27-21)22(15-24)25-3;1-24-21(15-23)17-8-11-26-20(14-17)7-6-16-12-18-4-2-9-25-10-3-5-19(13-16)22(18)25/h5-7,9-10,12-13,15-17,27H,4,8,11,14,18H2,1,3H3;7-8,14-16,18H,9-13H2,1-5H3;6-7,14-16H,8-13H2,1-4H3;8-9,12-14,16H,5-7,10-11H2,1-2,4H3;6-7,12-14H,2-5,8-11H2/b13-12+,26-24+;8-7+,24-20-;7-6+,23-19-;9-8+,22-20-;7-6+,21-17-. The normalized spacial score (nSPS) is 21.8. The van der Waals surface area contributed by atoms with Crippen molar-refractivity contribution in [3.05, 3.63) is 383 Å². The number of aryl methyl sites for hydroxylation is 6. The Morgan fingerprint density at radius 1 is 0.349 bits per heavy atom. The van der Waals surface area contributed by atoms with Crippen molar-refractivity contribution in [3.63, 3.8) is 0 Å². The number of ether oxygens (including phenoxy) is 5. The van der Waals surface area contributed by atoms with Gasteiger partial charge in [0.25, 0.3) is 28.5 Å². The molecule has 20 nitrogen and oxygen atoms in total. The second-order valence-corrected chi connectivity index (χ2v) is 42.5. The van der Waals surface area contributed by atoms with Crippen molar-refractivity contribution in [2.45, 2.75) is 245 Å². The summed E-state index contributed by atoms with van der Waals surface area (Å²) < 4.78 is 29.6. The van der Waals surface area contributed by atoms with Gasteiger partial charge in [0.2, 0.25) is 0 Å². The van der Waals surface area contributed by atoms with Crippen LogP contribution in [0, 0.1) is 89.5 Å². The summed E-state index contributed by atoms with van der Waals surface area (Å²) in [6, 6.07) is 43.0. The van der Waals surface area contributed by atoms with E-state index in [2.05, 4.69) is 223 Å². The molecule has 3 atom stereocenters. The number of rotatable bonds is 13. The first-order chi connectivity index (χ1) is 70.3. The highest BCUT2D eigenvalue weighted by molar-refractivity contribution is 5.76. The second kappa shape index (κ2) is 46.4. The van der Waals surface area contributed by atoms with E-state index in [4.69, 9.17) is 72.3 Å². The van der Waals surface area contributed by atoms with E-state index in [9.17, 15) is 10.5 Å². The summed E-state index contributed by atoms with van der Waals surface area (Å²) in [6.07, 6.45) is 48.0. The van der Waals surface area contributed by atoms with Crippen LogP contribution in [0.25, 0.3) is 54.6 Å². The van der Waals surface area contributed by atoms with Gasteiger partial charge in [0.1, 0.15) is 34.9 Å². The molecule has 0 spiro atoms. The minimum atomic E-state index is -0.218. The number of hydrogen-bond acceptors (Lipinski definition) is 15. The zero-order valence-electron chi connectivity index (χ0n) is 87.3. The first kappa shape index (κ1) is 105. The maximum Gasteiger partial charge on any atom is 0.265 e. The van der Waals surface area contributed by atoms with Crippen molar-refractivity contribution >= 4 is 58.8 Å². The quantitative estimate of drug-likeness (QED) is 0.0779. The summed E-state index contributed by atoms with van der Waals surface area (Å²) >= 11 is 0. The average Bonchev–Trinajstić information content (AvgIpc) is 0.731. The molecule has 19 rings (SSSR count). The predicted molar refractivity (Wildman–Crippen MR) is 586 cm³/mol. The van der Waals surface area contributed by atoms with E-state index in [-0.39, 0.29) is 68.5 Å². The molecule has 0 aromatic heterocycles. The van der Waals surface area contributed by atoms with Gasteiger partial charge in [-0.3, -0.25) is 0 Å². The molecule has 20 heteroatoms. The molecule has 0 bridgehead atoms. The number of anilines is 5. The van der Waals surface area contributed by atoms with E-state index in [1.54, 1.807) is 0 Å². The Morgan fingerprint density at radius 3 is 0.986 bits per heavy atom. The third-order valence-corrected chi connectivity index (χ3v) is 30.4. The highest BCUT2D eigenvalue weighted by atomic mass is 16.5. The monoisotopic (exact) mass is 1940 g/mol. The molecule has 6 aromatic rings. The second-order valence-electron chi connectivity index (χ2n) is 42.5. The molecular formula is C126H133N15O5. The van der Waals surface area contributed by atoms with Crippen LogP contribution in [0.5, 0.6) is 0 Å². The number of hydrogen-bond donors (Lipinski definition) is 0. The Kier molecular flexibility index (Phi) is 33.2. The fraction of sp³-hybridized carbons (Fsp3) is 0.397. The summed E-state index contributed by atoms with van der Waals surface area (Å²) in [5.41, 5.74) is 33.5. The molecule has 3 unspecified atom stereocenters. The number of nitrogens with zero attached hydrogens (tertiary/aromatic N) is 15. The van der Waals surface area contributed by atoms with Crippen LogP contribution in [0.1, 0.15) is 262 Å². The molecule has 0 fully saturated rings. The van der Waals surface area contributed by atoms with Crippen LogP contribution < -0.4 is 24.5 Å². The maximum absolute atomic E-state index is 9.41. The lowest BCUT2D eigenvalue weighted by atomic mass is 9.69. The van der Waals surface area contributed by atoms with Gasteiger partial charge in [-0.25, -0.2) is 50.5 Å². The van der Waals surface area contributed by atoms with E-state index in [0.717, 1.165) is 123 Å². The summed E-state index contributed by atoms with van der Waals surface area (Å²) in [6.45, 7) is 73.4. The van der Waals surface area contributed by atoms with Crippen molar-refractivity contribution in [2.75, 3.05) is 104 Å². The molecule has 742 valence electrons. The molecule has 0 amide bonds. The van der Waals surface area contributed by atoms with Crippen LogP contribution in [-0.2, 0) is 83.9 Å². The van der Waals surface area contributed by atoms with E-state index < -0.39 is 0 Å². The average molecular weight is 1940 g/mol. The zero-order chi connectivity index (χ0) is 104. The Hall–Kier alpha value is -15.7. The fourth-order valence-electron chi connectivity index (χ4n) is 22.4. The van der Waals surface area contributed by atoms with Crippen molar-refractivity contribution in [1.82, 2.24) is 0 Å². The van der Waals surface area contributed by atoms with Crippen LogP contribution in [0.2, 0.25) is 0 Å². The Morgan fingerprint density at radius 2 is 0.644 bits per heavy atom. The van der Waals surface area contributed by atoms with E-state index in [1.165, 1.54) is 171 Å². The molecule has 0 saturated heterocycles. The van der Waals surface area contributed by atoms with Gasteiger partial charge in [-0.2, -0.15) is 0 Å². The summed E-state index contributed by atoms with van der Waals surface area (Å²) in [5.74, 6) is 3.50. The van der Waals surface area contributed by atoms with Crippen molar-refractivity contribution in [2.24, 2.45) is 0 Å². The third kappa shape index (κ3) is 24.2. The fourth-order valence-corrected chi connectivity index (χ4v) is 22.4. The predicted octanol–water partition coefficient (Wildman–Crippen LogP) is 27.9. The highest BCUT2D eigenvalue weighted by Crippen LogP contribution is 2.53. The molecule has 6 aromatic carbocycles. The molecule has 0 saturated carbocycles. The maximum atomic E-state index is 9.41. The minimum absolute atomic E-state index is 0.0434. The number of allylic oxidation sites excluding steroid dienone is 15. The van der Waals surface area contributed by atoms with E-state index in [1.807, 2.05) is 135 Å². The Labute approximate surface area is 866 Å². The number of nitriles is 5. The molecule has 13 aliphatic rings. The van der Waals surface area contributed by atoms with Gasteiger partial charge in [0.15, 0.2) is 0 Å². The number of benzene rings is 6. The largest absolute Gasteiger partial charge is 0.493 e. The van der Waals surface area contributed by atoms with Gasteiger partial charge in [0, 0.05) is 114 Å². The van der Waals surface area contributed by atoms with Crippen molar-refractivity contribution in [3.8, 4) is 30.3 Å². The van der Waals surface area contributed by atoms with Gasteiger partial charge < -0.3 is 48.2 Å². The summed E-state index contributed by atoms with van der Waals surface area (Å²) in [7, 11) is 4.35. The molecule has 0 radical (unpaired) electrons. The third-order valence-electron chi connectivity index (χ3n) is 30.4. The van der Waals surface area contributed by atoms with E-state index >= 15 is 0 Å². The first-order valence-corrected chi connectivity index (χ1v) is 51.7. The topological polar surface area (TPSA) is 203 Å². The molecule has 146 heavy (non-hydrogen) atoms. The molecule has 13 aliphatic heterocycles. The van der Waals surface area contributed by atoms with Crippen molar-refractivity contribution in [1.29, 1.82) is 26.3 Å².